The molecule has 2 rings (SSSR count). The van der Waals surface area contributed by atoms with Gasteiger partial charge in [0.05, 0.1) is 6.10 Å². The van der Waals surface area contributed by atoms with Gasteiger partial charge in [-0.1, -0.05) is 48.5 Å². The van der Waals surface area contributed by atoms with Crippen LogP contribution in [-0.4, -0.2) is 35.6 Å². The van der Waals surface area contributed by atoms with Gasteiger partial charge in [0, 0.05) is 19.2 Å². The second-order valence-electron chi connectivity index (χ2n) is 5.68. The zero-order valence-corrected chi connectivity index (χ0v) is 13.2. The molecule has 0 aromatic heterocycles. The normalized spacial score (nSPS) is 12.0. The summed E-state index contributed by atoms with van der Waals surface area (Å²) in [6, 6.07) is 17.9. The van der Waals surface area contributed by atoms with Gasteiger partial charge in [-0.25, -0.2) is 0 Å². The van der Waals surface area contributed by atoms with Gasteiger partial charge >= 0.3 is 0 Å². The highest BCUT2D eigenvalue weighted by atomic mass is 16.3. The topological polar surface area (TPSA) is 40.5 Å². The molecular weight excluding hydrogens is 274 g/mol. The quantitative estimate of drug-likeness (QED) is 0.890. The Morgan fingerprint density at radius 2 is 1.73 bits per heavy atom. The van der Waals surface area contributed by atoms with E-state index >= 15 is 0 Å². The molecule has 0 saturated heterocycles. The second kappa shape index (κ2) is 7.76. The molecule has 1 atom stereocenters. The van der Waals surface area contributed by atoms with Gasteiger partial charge in [0.2, 0.25) is 0 Å². The lowest BCUT2D eigenvalue weighted by Crippen LogP contribution is -2.30. The number of carbonyl (C=O) groups excluding carboxylic acids is 1. The summed E-state index contributed by atoms with van der Waals surface area (Å²) in [6.45, 7) is 2.29. The molecule has 3 nitrogen and oxygen atoms in total. The Kier molecular flexibility index (Phi) is 5.73. The van der Waals surface area contributed by atoms with Crippen LogP contribution >= 0.6 is 0 Å². The van der Waals surface area contributed by atoms with Crippen LogP contribution in [-0.2, 0) is 6.42 Å². The average Bonchev–Trinajstić information content (AvgIpc) is 2.53. The lowest BCUT2D eigenvalue weighted by Gasteiger charge is -2.20. The first-order valence-corrected chi connectivity index (χ1v) is 7.63. The standard InChI is InChI=1S/C19H23NO2/c1-15(21)12-13-20(2)19(22)18-11-7-6-10-17(18)14-16-8-4-3-5-9-16/h3-11,15,21H,12-14H2,1-2H3. The smallest absolute Gasteiger partial charge is 0.253 e. The van der Waals surface area contributed by atoms with Crippen molar-refractivity contribution >= 4 is 5.91 Å². The summed E-state index contributed by atoms with van der Waals surface area (Å²) in [6.07, 6.45) is 0.936. The van der Waals surface area contributed by atoms with E-state index in [1.54, 1.807) is 18.9 Å². The molecule has 0 heterocycles. The van der Waals surface area contributed by atoms with E-state index in [0.29, 0.717) is 13.0 Å². The summed E-state index contributed by atoms with van der Waals surface area (Å²) < 4.78 is 0. The number of carbonyl (C=O) groups is 1. The predicted molar refractivity (Wildman–Crippen MR) is 88.9 cm³/mol. The molecule has 1 amide bonds. The highest BCUT2D eigenvalue weighted by molar-refractivity contribution is 5.95. The number of hydrogen-bond acceptors (Lipinski definition) is 2. The zero-order chi connectivity index (χ0) is 15.9. The van der Waals surface area contributed by atoms with Crippen LogP contribution in [0.25, 0.3) is 0 Å². The second-order valence-corrected chi connectivity index (χ2v) is 5.68. The summed E-state index contributed by atoms with van der Waals surface area (Å²) in [7, 11) is 1.78. The third-order valence-electron chi connectivity index (χ3n) is 3.71. The third kappa shape index (κ3) is 4.43. The Balaban J connectivity index is 2.15. The fraction of sp³-hybridized carbons (Fsp3) is 0.316. The molecule has 2 aromatic carbocycles. The van der Waals surface area contributed by atoms with Crippen LogP contribution in [0, 0.1) is 0 Å². The number of benzene rings is 2. The molecule has 2 aromatic rings. The van der Waals surface area contributed by atoms with E-state index in [-0.39, 0.29) is 5.91 Å². The molecule has 0 fully saturated rings. The minimum atomic E-state index is -0.394. The molecule has 1 N–H and O–H groups in total. The molecule has 1 unspecified atom stereocenters. The fourth-order valence-electron chi connectivity index (χ4n) is 2.39. The van der Waals surface area contributed by atoms with Crippen LogP contribution < -0.4 is 0 Å². The Bertz CT molecular complexity index is 608. The maximum atomic E-state index is 12.6. The van der Waals surface area contributed by atoms with E-state index in [2.05, 4.69) is 12.1 Å². The number of amides is 1. The highest BCUT2D eigenvalue weighted by Crippen LogP contribution is 2.16. The number of nitrogens with zero attached hydrogens (tertiary/aromatic N) is 1. The first-order valence-electron chi connectivity index (χ1n) is 7.63. The van der Waals surface area contributed by atoms with Gasteiger partial charge in [-0.05, 0) is 37.0 Å². The van der Waals surface area contributed by atoms with Crippen molar-refractivity contribution in [3.63, 3.8) is 0 Å². The van der Waals surface area contributed by atoms with Gasteiger partial charge in [0.25, 0.3) is 5.91 Å². The lowest BCUT2D eigenvalue weighted by atomic mass is 9.99. The molecule has 3 heteroatoms. The molecule has 116 valence electrons. The van der Waals surface area contributed by atoms with Crippen molar-refractivity contribution in [2.75, 3.05) is 13.6 Å². The van der Waals surface area contributed by atoms with Crippen molar-refractivity contribution in [2.45, 2.75) is 25.9 Å². The van der Waals surface area contributed by atoms with E-state index in [9.17, 15) is 9.90 Å². The number of aliphatic hydroxyl groups excluding tert-OH is 1. The van der Waals surface area contributed by atoms with Gasteiger partial charge in [0.1, 0.15) is 0 Å². The molecule has 0 aliphatic heterocycles. The molecule has 0 spiro atoms. The first-order chi connectivity index (χ1) is 10.6. The minimum absolute atomic E-state index is 0.00665. The third-order valence-corrected chi connectivity index (χ3v) is 3.71. The van der Waals surface area contributed by atoms with Crippen molar-refractivity contribution < 1.29 is 9.90 Å². The lowest BCUT2D eigenvalue weighted by molar-refractivity contribution is 0.0768. The van der Waals surface area contributed by atoms with Crippen molar-refractivity contribution in [1.29, 1.82) is 0 Å². The van der Waals surface area contributed by atoms with Crippen molar-refractivity contribution in [1.82, 2.24) is 4.90 Å². The van der Waals surface area contributed by atoms with E-state index in [1.807, 2.05) is 42.5 Å². The Labute approximate surface area is 132 Å². The van der Waals surface area contributed by atoms with Gasteiger partial charge < -0.3 is 10.0 Å². The average molecular weight is 297 g/mol. The summed E-state index contributed by atoms with van der Waals surface area (Å²) in [5, 5.41) is 9.37. The van der Waals surface area contributed by atoms with Crippen LogP contribution in [0.2, 0.25) is 0 Å². The Morgan fingerprint density at radius 1 is 1.09 bits per heavy atom. The molecule has 0 aliphatic carbocycles. The molecule has 0 bridgehead atoms. The van der Waals surface area contributed by atoms with Gasteiger partial charge in [-0.3, -0.25) is 4.79 Å². The minimum Gasteiger partial charge on any atom is -0.393 e. The highest BCUT2D eigenvalue weighted by Gasteiger charge is 2.15. The maximum Gasteiger partial charge on any atom is 0.253 e. The van der Waals surface area contributed by atoms with Crippen molar-refractivity contribution in [2.24, 2.45) is 0 Å². The SMILES string of the molecule is CC(O)CCN(C)C(=O)c1ccccc1Cc1ccccc1. The van der Waals surface area contributed by atoms with Crippen LogP contribution in [0.3, 0.4) is 0 Å². The molecule has 0 aliphatic rings. The number of aliphatic hydroxyl groups is 1. The molecule has 0 saturated carbocycles. The maximum absolute atomic E-state index is 12.6. The Morgan fingerprint density at radius 3 is 2.41 bits per heavy atom. The van der Waals surface area contributed by atoms with Crippen LogP contribution in [0.1, 0.15) is 34.8 Å². The van der Waals surface area contributed by atoms with Gasteiger partial charge in [0.15, 0.2) is 0 Å². The van der Waals surface area contributed by atoms with E-state index in [1.165, 1.54) is 5.56 Å². The van der Waals surface area contributed by atoms with E-state index in [4.69, 9.17) is 0 Å². The number of rotatable bonds is 6. The van der Waals surface area contributed by atoms with E-state index in [0.717, 1.165) is 17.5 Å². The number of hydrogen-bond donors (Lipinski definition) is 1. The van der Waals surface area contributed by atoms with Crippen LogP contribution in [0.15, 0.2) is 54.6 Å². The monoisotopic (exact) mass is 297 g/mol. The first kappa shape index (κ1) is 16.2. The zero-order valence-electron chi connectivity index (χ0n) is 13.2. The van der Waals surface area contributed by atoms with E-state index < -0.39 is 6.10 Å². The molecule has 22 heavy (non-hydrogen) atoms. The summed E-state index contributed by atoms with van der Waals surface area (Å²) in [5.41, 5.74) is 2.96. The summed E-state index contributed by atoms with van der Waals surface area (Å²) >= 11 is 0. The van der Waals surface area contributed by atoms with Crippen molar-refractivity contribution in [3.05, 3.63) is 71.3 Å². The largest absolute Gasteiger partial charge is 0.393 e. The molecular formula is C19H23NO2. The summed E-state index contributed by atoms with van der Waals surface area (Å²) in [5.74, 6) is 0.00665. The van der Waals surface area contributed by atoms with Crippen LogP contribution in [0.4, 0.5) is 0 Å². The van der Waals surface area contributed by atoms with Gasteiger partial charge in [-0.15, -0.1) is 0 Å². The van der Waals surface area contributed by atoms with Crippen LogP contribution in [0.5, 0.6) is 0 Å². The Hall–Kier alpha value is -2.13. The van der Waals surface area contributed by atoms with Gasteiger partial charge in [-0.2, -0.15) is 0 Å². The van der Waals surface area contributed by atoms with Crippen molar-refractivity contribution in [3.8, 4) is 0 Å². The summed E-state index contributed by atoms with van der Waals surface area (Å²) in [4.78, 5) is 14.3. The fourth-order valence-corrected chi connectivity index (χ4v) is 2.39. The molecule has 0 radical (unpaired) electrons. The predicted octanol–water partition coefficient (Wildman–Crippen LogP) is 3.12.